The molecule has 0 aliphatic rings. The number of nitro benzene ring substituents is 1. The number of hydrogen-bond donors (Lipinski definition) is 0. The number of halogens is 1. The minimum atomic E-state index is -0.860. The van der Waals surface area contributed by atoms with Crippen LogP contribution >= 0.6 is 11.8 Å². The third kappa shape index (κ3) is 4.48. The van der Waals surface area contributed by atoms with E-state index >= 15 is 0 Å². The number of carbonyl (C=O) groups is 2. The van der Waals surface area contributed by atoms with E-state index in [0.29, 0.717) is 10.1 Å². The van der Waals surface area contributed by atoms with E-state index in [2.05, 4.69) is 0 Å². The molecular formula is C20H22ClN3O4. The van der Waals surface area contributed by atoms with Crippen LogP contribution in [-0.4, -0.2) is 31.8 Å². The lowest BCUT2D eigenvalue weighted by Crippen LogP contribution is -2.54. The molecule has 0 fully saturated rings. The number of amides is 2. The molecule has 0 bridgehead atoms. The van der Waals surface area contributed by atoms with Gasteiger partial charge in [0.15, 0.2) is 0 Å². The van der Waals surface area contributed by atoms with Crippen molar-refractivity contribution in [1.82, 2.24) is 9.54 Å². The van der Waals surface area contributed by atoms with Crippen molar-refractivity contribution in [2.45, 2.75) is 39.7 Å². The van der Waals surface area contributed by atoms with Crippen LogP contribution in [-0.2, 0) is 6.42 Å². The quantitative estimate of drug-likeness (QED) is 0.424. The first-order valence-electron chi connectivity index (χ1n) is 8.75. The van der Waals surface area contributed by atoms with Crippen LogP contribution < -0.4 is 0 Å². The number of nitro groups is 1. The van der Waals surface area contributed by atoms with Crippen molar-refractivity contribution < 1.29 is 14.5 Å². The summed E-state index contributed by atoms with van der Waals surface area (Å²) in [6, 6.07) is 12.5. The molecule has 0 aromatic heterocycles. The van der Waals surface area contributed by atoms with Crippen LogP contribution in [0.25, 0.3) is 0 Å². The van der Waals surface area contributed by atoms with Gasteiger partial charge in [-0.3, -0.25) is 19.7 Å². The van der Waals surface area contributed by atoms with Crippen LogP contribution in [0.5, 0.6) is 0 Å². The van der Waals surface area contributed by atoms with E-state index in [1.165, 1.54) is 24.3 Å². The molecule has 0 heterocycles. The summed E-state index contributed by atoms with van der Waals surface area (Å²) in [5.74, 6) is -1.35. The maximum Gasteiger partial charge on any atom is 0.294 e. The average molecular weight is 404 g/mol. The summed E-state index contributed by atoms with van der Waals surface area (Å²) >= 11 is 6.26. The fraction of sp³-hybridized carbons (Fsp3) is 0.300. The minimum Gasteiger partial charge on any atom is -0.267 e. The van der Waals surface area contributed by atoms with E-state index in [1.807, 2.05) is 19.1 Å². The smallest absolute Gasteiger partial charge is 0.267 e. The van der Waals surface area contributed by atoms with Crippen molar-refractivity contribution in [3.8, 4) is 0 Å². The second kappa shape index (κ2) is 8.39. The topological polar surface area (TPSA) is 83.8 Å². The number of nitrogens with zero attached hydrogens (tertiary/aromatic N) is 3. The van der Waals surface area contributed by atoms with Gasteiger partial charge in [-0.2, -0.15) is 0 Å². The molecule has 0 unspecified atom stereocenters. The Morgan fingerprint density at radius 3 is 2.11 bits per heavy atom. The highest BCUT2D eigenvalue weighted by Gasteiger charge is 2.37. The molecule has 0 saturated heterocycles. The van der Waals surface area contributed by atoms with Crippen molar-refractivity contribution in [2.75, 3.05) is 0 Å². The lowest BCUT2D eigenvalue weighted by molar-refractivity contribution is -0.385. The van der Waals surface area contributed by atoms with Gasteiger partial charge >= 0.3 is 0 Å². The lowest BCUT2D eigenvalue weighted by Gasteiger charge is -2.39. The number of benzene rings is 2. The number of aryl methyl sites for hydroxylation is 1. The summed E-state index contributed by atoms with van der Waals surface area (Å²) in [6.07, 6.45) is 0.829. The Kier molecular flexibility index (Phi) is 6.41. The monoisotopic (exact) mass is 403 g/mol. The van der Waals surface area contributed by atoms with Gasteiger partial charge in [0.2, 0.25) is 0 Å². The molecule has 0 spiro atoms. The maximum atomic E-state index is 13.1. The highest BCUT2D eigenvalue weighted by Crippen LogP contribution is 2.27. The van der Waals surface area contributed by atoms with Gasteiger partial charge in [0.05, 0.1) is 10.5 Å². The molecule has 0 atom stereocenters. The van der Waals surface area contributed by atoms with E-state index in [0.717, 1.165) is 17.0 Å². The summed E-state index contributed by atoms with van der Waals surface area (Å²) in [7, 11) is 0. The van der Waals surface area contributed by atoms with Crippen LogP contribution in [0.1, 0.15) is 54.0 Å². The maximum absolute atomic E-state index is 13.1. The predicted octanol–water partition coefficient (Wildman–Crippen LogP) is 4.61. The van der Waals surface area contributed by atoms with Crippen LogP contribution in [0.15, 0.2) is 48.5 Å². The lowest BCUT2D eigenvalue weighted by atomic mass is 10.0. The van der Waals surface area contributed by atoms with Crippen molar-refractivity contribution in [3.05, 3.63) is 75.3 Å². The molecule has 148 valence electrons. The summed E-state index contributed by atoms with van der Waals surface area (Å²) in [5, 5.41) is 12.3. The molecule has 2 aromatic carbocycles. The normalized spacial score (nSPS) is 11.0. The van der Waals surface area contributed by atoms with Gasteiger partial charge in [0.25, 0.3) is 17.5 Å². The zero-order chi connectivity index (χ0) is 21.1. The van der Waals surface area contributed by atoms with Crippen LogP contribution in [0.4, 0.5) is 5.69 Å². The molecule has 0 radical (unpaired) electrons. The average Bonchev–Trinajstić information content (AvgIpc) is 2.66. The molecular weight excluding hydrogens is 382 g/mol. The molecule has 0 saturated carbocycles. The number of hydrogen-bond acceptors (Lipinski definition) is 4. The third-order valence-electron chi connectivity index (χ3n) is 4.11. The Labute approximate surface area is 168 Å². The molecule has 28 heavy (non-hydrogen) atoms. The summed E-state index contributed by atoms with van der Waals surface area (Å²) < 4.78 is 0.623. The predicted molar refractivity (Wildman–Crippen MR) is 107 cm³/mol. The van der Waals surface area contributed by atoms with Crippen LogP contribution in [0, 0.1) is 10.1 Å². The fourth-order valence-corrected chi connectivity index (χ4v) is 3.04. The SMILES string of the molecule is CCc1ccc(C(=O)N(N(Cl)C(=O)c2ccccc2[N+](=O)[O-])C(C)(C)C)cc1. The van der Waals surface area contributed by atoms with Crippen LogP contribution in [0.2, 0.25) is 0 Å². The number of rotatable bonds is 4. The summed E-state index contributed by atoms with van der Waals surface area (Å²) in [5.41, 5.74) is -0.0232. The van der Waals surface area contributed by atoms with E-state index in [9.17, 15) is 19.7 Å². The minimum absolute atomic E-state index is 0.203. The molecule has 0 aliphatic carbocycles. The third-order valence-corrected chi connectivity index (χ3v) is 4.42. The zero-order valence-electron chi connectivity index (χ0n) is 16.2. The Bertz CT molecular complexity index is 891. The fourth-order valence-electron chi connectivity index (χ4n) is 2.66. The van der Waals surface area contributed by atoms with E-state index < -0.39 is 22.3 Å². The first-order chi connectivity index (χ1) is 13.1. The highest BCUT2D eigenvalue weighted by molar-refractivity contribution is 6.25. The molecule has 2 rings (SSSR count). The summed E-state index contributed by atoms with van der Waals surface area (Å²) in [6.45, 7) is 7.15. The van der Waals surface area contributed by atoms with E-state index in [4.69, 9.17) is 11.8 Å². The van der Waals surface area contributed by atoms with Gasteiger partial charge in [0.1, 0.15) is 5.56 Å². The van der Waals surface area contributed by atoms with Gasteiger partial charge in [-0.15, -0.1) is 4.53 Å². The molecule has 2 aromatic rings. The van der Waals surface area contributed by atoms with Crippen molar-refractivity contribution >= 4 is 29.3 Å². The van der Waals surface area contributed by atoms with Gasteiger partial charge in [-0.05, 0) is 51.0 Å². The Balaban J connectivity index is 2.44. The molecule has 2 amide bonds. The number of hydrazine groups is 1. The van der Waals surface area contributed by atoms with Crippen molar-refractivity contribution in [2.24, 2.45) is 0 Å². The van der Waals surface area contributed by atoms with Crippen molar-refractivity contribution in [3.63, 3.8) is 0 Å². The van der Waals surface area contributed by atoms with Gasteiger partial charge in [-0.25, -0.2) is 5.01 Å². The Morgan fingerprint density at radius 1 is 1.04 bits per heavy atom. The first kappa shape index (κ1) is 21.4. The largest absolute Gasteiger partial charge is 0.294 e. The van der Waals surface area contributed by atoms with E-state index in [-0.39, 0.29) is 11.3 Å². The number of carbonyl (C=O) groups excluding carboxylic acids is 2. The highest BCUT2D eigenvalue weighted by atomic mass is 35.5. The number of para-hydroxylation sites is 1. The van der Waals surface area contributed by atoms with Gasteiger partial charge in [0, 0.05) is 23.4 Å². The summed E-state index contributed by atoms with van der Waals surface area (Å²) in [4.78, 5) is 36.6. The van der Waals surface area contributed by atoms with Crippen molar-refractivity contribution in [1.29, 1.82) is 0 Å². The first-order valence-corrected chi connectivity index (χ1v) is 9.08. The Hall–Kier alpha value is -2.93. The van der Waals surface area contributed by atoms with Crippen LogP contribution in [0.3, 0.4) is 0 Å². The molecule has 0 N–H and O–H groups in total. The van der Waals surface area contributed by atoms with E-state index in [1.54, 1.807) is 32.9 Å². The Morgan fingerprint density at radius 2 is 1.61 bits per heavy atom. The zero-order valence-corrected chi connectivity index (χ0v) is 16.9. The van der Waals surface area contributed by atoms with Gasteiger partial charge < -0.3 is 0 Å². The van der Waals surface area contributed by atoms with Gasteiger partial charge in [-0.1, -0.05) is 31.2 Å². The molecule has 0 aliphatic heterocycles. The molecule has 7 nitrogen and oxygen atoms in total. The second-order valence-electron chi connectivity index (χ2n) is 7.18. The second-order valence-corrected chi connectivity index (χ2v) is 7.50. The standard InChI is InChI=1S/C20H22ClN3O4/c1-5-14-10-12-15(13-11-14)18(25)22(20(2,3)4)23(21)19(26)16-8-6-7-9-17(16)24(27)28/h6-13H,5H2,1-4H3. The molecule has 8 heteroatoms.